The molecule has 218 valence electrons. The molecule has 13 heteroatoms. The van der Waals surface area contributed by atoms with Gasteiger partial charge in [0.15, 0.2) is 0 Å². The maximum atomic E-state index is 14.0. The first-order chi connectivity index (χ1) is 20.7. The molecule has 6 rings (SSSR count). The minimum absolute atomic E-state index is 0.170. The first-order valence-electron chi connectivity index (χ1n) is 13.2. The average molecular weight is 617 g/mol. The number of aryl methyl sites for hydroxylation is 1. The van der Waals surface area contributed by atoms with Crippen LogP contribution in [0.25, 0.3) is 0 Å². The zero-order chi connectivity index (χ0) is 30.4. The lowest BCUT2D eigenvalue weighted by molar-refractivity contribution is -0.384. The Morgan fingerprint density at radius 2 is 1.70 bits per heavy atom. The number of fused-ring (bicyclic) bond motifs is 2. The molecule has 3 amide bonds. The number of anilines is 2. The maximum absolute atomic E-state index is 14.0. The molecule has 0 unspecified atom stereocenters. The molecular weight excluding hydrogens is 592 g/mol. The van der Waals surface area contributed by atoms with Gasteiger partial charge in [-0.05, 0) is 37.3 Å². The summed E-state index contributed by atoms with van der Waals surface area (Å²) in [5, 5.41) is 13.5. The van der Waals surface area contributed by atoms with Crippen LogP contribution in [0.3, 0.4) is 0 Å². The van der Waals surface area contributed by atoms with E-state index in [0.29, 0.717) is 26.9 Å². The summed E-state index contributed by atoms with van der Waals surface area (Å²) < 4.78 is 6.97. The highest BCUT2D eigenvalue weighted by Crippen LogP contribution is 2.55. The van der Waals surface area contributed by atoms with Gasteiger partial charge in [0.25, 0.3) is 5.69 Å². The van der Waals surface area contributed by atoms with Gasteiger partial charge in [-0.1, -0.05) is 59.0 Å². The van der Waals surface area contributed by atoms with Gasteiger partial charge >= 0.3 is 4.87 Å². The van der Waals surface area contributed by atoms with Gasteiger partial charge in [-0.3, -0.25) is 33.9 Å². The summed E-state index contributed by atoms with van der Waals surface area (Å²) in [6.45, 7) is 1.65. The summed E-state index contributed by atoms with van der Waals surface area (Å²) >= 11 is 2.03. The largest absolute Gasteiger partial charge is 0.496 e. The predicted octanol–water partition coefficient (Wildman–Crippen LogP) is 4.57. The number of rotatable bonds is 7. The fourth-order valence-corrected chi connectivity index (χ4v) is 8.24. The van der Waals surface area contributed by atoms with Crippen LogP contribution in [0.1, 0.15) is 21.9 Å². The van der Waals surface area contributed by atoms with Gasteiger partial charge in [0.05, 0.1) is 28.7 Å². The van der Waals surface area contributed by atoms with Gasteiger partial charge in [0, 0.05) is 34.2 Å². The Bertz CT molecular complexity index is 1830. The molecule has 0 saturated carbocycles. The van der Waals surface area contributed by atoms with Crippen molar-refractivity contribution in [2.45, 2.75) is 29.7 Å². The topological polar surface area (TPSA) is 141 Å². The number of nitrogens with zero attached hydrogens (tertiary/aromatic N) is 3. The number of thioether (sulfide) groups is 1. The minimum atomic E-state index is -0.912. The number of para-hydroxylation sites is 1. The van der Waals surface area contributed by atoms with E-state index < -0.39 is 39.7 Å². The van der Waals surface area contributed by atoms with Gasteiger partial charge in [0.1, 0.15) is 17.5 Å². The normalized spacial score (nSPS) is 19.1. The molecule has 0 spiro atoms. The molecule has 11 nitrogen and oxygen atoms in total. The molecule has 1 N–H and O–H groups in total. The highest BCUT2D eigenvalue weighted by molar-refractivity contribution is 8.00. The van der Waals surface area contributed by atoms with Crippen LogP contribution in [0.15, 0.2) is 82.6 Å². The Labute approximate surface area is 253 Å². The first kappa shape index (κ1) is 28.4. The van der Waals surface area contributed by atoms with E-state index in [-0.39, 0.29) is 22.8 Å². The second-order valence-corrected chi connectivity index (χ2v) is 12.2. The fourth-order valence-electron chi connectivity index (χ4n) is 5.47. The van der Waals surface area contributed by atoms with Crippen LogP contribution in [0, 0.1) is 23.0 Å². The molecule has 3 heterocycles. The van der Waals surface area contributed by atoms with E-state index in [9.17, 15) is 29.3 Å². The number of carbonyl (C=O) groups is 3. The zero-order valence-electron chi connectivity index (χ0n) is 22.9. The second-order valence-electron chi connectivity index (χ2n) is 10.1. The number of nitrogens with one attached hydrogen (secondary N) is 1. The Hall–Kier alpha value is -4.75. The molecule has 0 aliphatic carbocycles. The van der Waals surface area contributed by atoms with Gasteiger partial charge < -0.3 is 10.1 Å². The van der Waals surface area contributed by atoms with Crippen LogP contribution in [0.5, 0.6) is 5.75 Å². The fraction of sp³-hybridized carbons (Fsp3) is 0.200. The summed E-state index contributed by atoms with van der Waals surface area (Å²) in [6.07, 6.45) is 0. The van der Waals surface area contributed by atoms with Crippen LogP contribution in [0.2, 0.25) is 0 Å². The second kappa shape index (κ2) is 11.2. The molecule has 3 atom stereocenters. The number of benzene rings is 3. The van der Waals surface area contributed by atoms with E-state index in [4.69, 9.17) is 4.74 Å². The smallest absolute Gasteiger partial charge is 0.308 e. The van der Waals surface area contributed by atoms with Crippen LogP contribution in [0.4, 0.5) is 17.1 Å². The number of thiazole rings is 1. The van der Waals surface area contributed by atoms with Crippen molar-refractivity contribution >= 4 is 57.9 Å². The van der Waals surface area contributed by atoms with Crippen molar-refractivity contribution < 1.29 is 24.0 Å². The quantitative estimate of drug-likeness (QED) is 0.181. The highest BCUT2D eigenvalue weighted by Gasteiger charge is 2.57. The molecule has 2 aliphatic heterocycles. The lowest BCUT2D eigenvalue weighted by atomic mass is 9.82. The molecule has 1 saturated heterocycles. The maximum Gasteiger partial charge on any atom is 0.308 e. The summed E-state index contributed by atoms with van der Waals surface area (Å²) in [4.78, 5) is 66.1. The van der Waals surface area contributed by atoms with Crippen molar-refractivity contribution in [1.29, 1.82) is 0 Å². The van der Waals surface area contributed by atoms with Crippen LogP contribution < -0.4 is 19.8 Å². The third kappa shape index (κ3) is 5.00. The predicted molar refractivity (Wildman–Crippen MR) is 162 cm³/mol. The lowest BCUT2D eigenvalue weighted by Crippen LogP contribution is -2.33. The molecule has 43 heavy (non-hydrogen) atoms. The Balaban J connectivity index is 1.42. The number of nitro benzene ring substituents is 1. The van der Waals surface area contributed by atoms with Gasteiger partial charge in [-0.25, -0.2) is 4.90 Å². The van der Waals surface area contributed by atoms with Crippen molar-refractivity contribution in [3.05, 3.63) is 109 Å². The summed E-state index contributed by atoms with van der Waals surface area (Å²) in [5.74, 6) is -2.51. The van der Waals surface area contributed by atoms with E-state index in [0.717, 1.165) is 33.6 Å². The Morgan fingerprint density at radius 1 is 1.00 bits per heavy atom. The van der Waals surface area contributed by atoms with Gasteiger partial charge in [-0.2, -0.15) is 0 Å². The van der Waals surface area contributed by atoms with E-state index >= 15 is 0 Å². The zero-order valence-corrected chi connectivity index (χ0v) is 24.5. The molecule has 1 aromatic heterocycles. The minimum Gasteiger partial charge on any atom is -0.496 e. The SMILES string of the molecule is COc1ccccc1[C@@H]1c2sc(=O)n(CC(=O)Nc3ccc(C)cc3)c2S[C@H]2C(=O)N(c3ccc([N+](=O)[O-])cc3)C(=O)[C@@H]12. The van der Waals surface area contributed by atoms with E-state index in [2.05, 4.69) is 5.32 Å². The van der Waals surface area contributed by atoms with E-state index in [1.165, 1.54) is 35.9 Å². The average Bonchev–Trinajstić information content (AvgIpc) is 3.44. The summed E-state index contributed by atoms with van der Waals surface area (Å²) in [7, 11) is 1.50. The molecule has 1 fully saturated rings. The van der Waals surface area contributed by atoms with Crippen molar-refractivity contribution in [3.63, 3.8) is 0 Å². The van der Waals surface area contributed by atoms with E-state index in [1.54, 1.807) is 36.4 Å². The van der Waals surface area contributed by atoms with Crippen LogP contribution in [-0.4, -0.2) is 39.6 Å². The van der Waals surface area contributed by atoms with Gasteiger partial charge in [-0.15, -0.1) is 0 Å². The van der Waals surface area contributed by atoms with Crippen LogP contribution in [-0.2, 0) is 20.9 Å². The molecule has 2 aliphatic rings. The number of non-ortho nitro benzene ring substituents is 1. The molecule has 4 aromatic rings. The van der Waals surface area contributed by atoms with Crippen molar-refractivity contribution in [1.82, 2.24) is 4.57 Å². The number of amides is 3. The first-order valence-corrected chi connectivity index (χ1v) is 14.9. The Morgan fingerprint density at radius 3 is 2.37 bits per heavy atom. The molecule has 3 aromatic carbocycles. The van der Waals surface area contributed by atoms with Crippen molar-refractivity contribution in [3.8, 4) is 5.75 Å². The Kier molecular flexibility index (Phi) is 7.36. The molecule has 0 bridgehead atoms. The number of imide groups is 1. The van der Waals surface area contributed by atoms with E-state index in [1.807, 2.05) is 19.1 Å². The number of hydrogen-bond acceptors (Lipinski definition) is 9. The monoisotopic (exact) mass is 616 g/mol. The number of methoxy groups -OCH3 is 1. The standard InChI is InChI=1S/C30H24N4O7S2/c1-16-7-9-17(10-8-16)31-22(35)15-32-29-26(43-30(32)38)23(20-5-3-4-6-21(20)41-2)24-25(42-29)28(37)33(27(24)36)18-11-13-19(14-12-18)34(39)40/h3-14,23-25H,15H2,1-2H3,(H,31,35)/t23-,24-,25+/m0/s1. The van der Waals surface area contributed by atoms with Crippen molar-refractivity contribution in [2.75, 3.05) is 17.3 Å². The molecular formula is C30H24N4O7S2. The lowest BCUT2D eigenvalue weighted by Gasteiger charge is -2.31. The number of ether oxygens (including phenoxy) is 1. The molecule has 0 radical (unpaired) electrons. The summed E-state index contributed by atoms with van der Waals surface area (Å²) in [5.41, 5.74) is 2.30. The number of carbonyl (C=O) groups excluding carboxylic acids is 3. The van der Waals surface area contributed by atoms with Crippen LogP contribution >= 0.6 is 23.1 Å². The number of hydrogen-bond donors (Lipinski definition) is 1. The third-order valence-corrected chi connectivity index (χ3v) is 10.1. The third-order valence-electron chi connectivity index (χ3n) is 7.48. The van der Waals surface area contributed by atoms with Gasteiger partial charge in [0.2, 0.25) is 17.7 Å². The number of nitro groups is 1. The highest BCUT2D eigenvalue weighted by atomic mass is 32.2. The summed E-state index contributed by atoms with van der Waals surface area (Å²) in [6, 6.07) is 19.6. The van der Waals surface area contributed by atoms with Crippen molar-refractivity contribution in [2.24, 2.45) is 5.92 Å². The number of aromatic nitrogens is 1.